The van der Waals surface area contributed by atoms with E-state index in [1.807, 2.05) is 42.5 Å². The third-order valence-corrected chi connectivity index (χ3v) is 4.62. The van der Waals surface area contributed by atoms with Gasteiger partial charge in [-0.2, -0.15) is 0 Å². The van der Waals surface area contributed by atoms with Gasteiger partial charge in [-0.25, -0.2) is 9.78 Å². The summed E-state index contributed by atoms with van der Waals surface area (Å²) < 4.78 is 5.36. The number of aromatic nitrogens is 1. The van der Waals surface area contributed by atoms with Crippen molar-refractivity contribution in [3.05, 3.63) is 54.2 Å². The van der Waals surface area contributed by atoms with Crippen molar-refractivity contribution in [2.75, 3.05) is 36.5 Å². The number of hydrogen-bond donors (Lipinski definition) is 2. The fourth-order valence-corrected chi connectivity index (χ4v) is 3.18. The lowest BCUT2D eigenvalue weighted by Gasteiger charge is -2.32. The number of amides is 2. The maximum absolute atomic E-state index is 12.6. The van der Waals surface area contributed by atoms with Gasteiger partial charge in [-0.3, -0.25) is 0 Å². The van der Waals surface area contributed by atoms with Crippen molar-refractivity contribution in [3.8, 4) is 0 Å². The molecule has 1 aromatic carbocycles. The molecule has 0 spiro atoms. The molecule has 1 unspecified atom stereocenters. The first-order chi connectivity index (χ1) is 12.9. The fraction of sp³-hybridized carbons (Fsp3) is 0.429. The van der Waals surface area contributed by atoms with Crippen LogP contribution in [0.1, 0.15) is 32.4 Å². The second kappa shape index (κ2) is 8.39. The van der Waals surface area contributed by atoms with Gasteiger partial charge < -0.3 is 20.3 Å². The largest absolute Gasteiger partial charge is 0.378 e. The van der Waals surface area contributed by atoms with E-state index < -0.39 is 0 Å². The summed E-state index contributed by atoms with van der Waals surface area (Å²) in [7, 11) is 0. The van der Waals surface area contributed by atoms with Gasteiger partial charge in [-0.1, -0.05) is 51.1 Å². The summed E-state index contributed by atoms with van der Waals surface area (Å²) in [4.78, 5) is 19.2. The van der Waals surface area contributed by atoms with E-state index in [0.717, 1.165) is 37.7 Å². The number of benzene rings is 1. The summed E-state index contributed by atoms with van der Waals surface area (Å²) in [5.41, 5.74) is 1.64. The Bertz CT molecular complexity index is 735. The van der Waals surface area contributed by atoms with Crippen molar-refractivity contribution in [1.82, 2.24) is 10.3 Å². The Morgan fingerprint density at radius 2 is 1.81 bits per heavy atom. The third kappa shape index (κ3) is 5.20. The maximum Gasteiger partial charge on any atom is 0.319 e. The van der Waals surface area contributed by atoms with Gasteiger partial charge in [-0.05, 0) is 23.1 Å². The zero-order valence-corrected chi connectivity index (χ0v) is 16.2. The minimum absolute atomic E-state index is 0.0979. The van der Waals surface area contributed by atoms with Gasteiger partial charge in [0, 0.05) is 13.1 Å². The molecule has 3 rings (SSSR count). The number of urea groups is 1. The number of ether oxygens (including phenoxy) is 1. The molecule has 1 aromatic heterocycles. The topological polar surface area (TPSA) is 66.5 Å². The quantitative estimate of drug-likeness (QED) is 0.861. The average molecular weight is 368 g/mol. The van der Waals surface area contributed by atoms with Crippen LogP contribution in [0.25, 0.3) is 0 Å². The van der Waals surface area contributed by atoms with Crippen molar-refractivity contribution >= 4 is 17.5 Å². The van der Waals surface area contributed by atoms with Gasteiger partial charge in [0.2, 0.25) is 0 Å². The van der Waals surface area contributed by atoms with Crippen LogP contribution < -0.4 is 15.5 Å². The predicted molar refractivity (Wildman–Crippen MR) is 108 cm³/mol. The Labute approximate surface area is 160 Å². The zero-order valence-electron chi connectivity index (χ0n) is 16.2. The molecule has 0 aliphatic carbocycles. The molecule has 2 N–H and O–H groups in total. The molecule has 1 aliphatic rings. The molecule has 144 valence electrons. The van der Waals surface area contributed by atoms with E-state index in [1.165, 1.54) is 0 Å². The first kappa shape index (κ1) is 19.2. The Hall–Kier alpha value is -2.60. The van der Waals surface area contributed by atoms with Gasteiger partial charge >= 0.3 is 6.03 Å². The second-order valence-electron chi connectivity index (χ2n) is 7.81. The van der Waals surface area contributed by atoms with Gasteiger partial charge in [-0.15, -0.1) is 0 Å². The number of rotatable bonds is 4. The molecule has 1 saturated heterocycles. The summed E-state index contributed by atoms with van der Waals surface area (Å²) >= 11 is 0. The van der Waals surface area contributed by atoms with Crippen molar-refractivity contribution in [1.29, 1.82) is 0 Å². The molecular weight excluding hydrogens is 340 g/mol. The summed E-state index contributed by atoms with van der Waals surface area (Å²) in [5.74, 6) is 0.904. The number of anilines is 2. The van der Waals surface area contributed by atoms with E-state index in [9.17, 15) is 4.79 Å². The Balaban J connectivity index is 1.63. The standard InChI is InChI=1S/C21H28N4O2/c1-21(2,3)19(16-7-5-4-6-8-16)24-20(26)23-17-9-10-18(22-15-17)25-11-13-27-14-12-25/h4-10,15,19H,11-14H2,1-3H3,(H2,23,24,26). The first-order valence-corrected chi connectivity index (χ1v) is 9.35. The molecule has 2 amide bonds. The normalized spacial score (nSPS) is 15.9. The smallest absolute Gasteiger partial charge is 0.319 e. The molecule has 6 nitrogen and oxygen atoms in total. The minimum Gasteiger partial charge on any atom is -0.378 e. The molecule has 2 heterocycles. The molecule has 0 saturated carbocycles. The maximum atomic E-state index is 12.6. The highest BCUT2D eigenvalue weighted by Gasteiger charge is 2.27. The van der Waals surface area contributed by atoms with Crippen LogP contribution >= 0.6 is 0 Å². The van der Waals surface area contributed by atoms with Crippen LogP contribution in [-0.4, -0.2) is 37.3 Å². The van der Waals surface area contributed by atoms with Crippen LogP contribution in [0.15, 0.2) is 48.7 Å². The molecule has 1 atom stereocenters. The molecule has 2 aromatic rings. The van der Waals surface area contributed by atoms with Gasteiger partial charge in [0.1, 0.15) is 5.82 Å². The summed E-state index contributed by atoms with van der Waals surface area (Å²) in [6.07, 6.45) is 1.69. The molecule has 1 fully saturated rings. The number of hydrogen-bond acceptors (Lipinski definition) is 4. The molecule has 1 aliphatic heterocycles. The fourth-order valence-electron chi connectivity index (χ4n) is 3.18. The minimum atomic E-state index is -0.236. The van der Waals surface area contributed by atoms with Crippen LogP contribution in [0.5, 0.6) is 0 Å². The highest BCUT2D eigenvalue weighted by atomic mass is 16.5. The van der Waals surface area contributed by atoms with E-state index in [2.05, 4.69) is 41.3 Å². The summed E-state index contributed by atoms with van der Waals surface area (Å²) in [5, 5.41) is 5.98. The van der Waals surface area contributed by atoms with Gasteiger partial charge in [0.05, 0.1) is 31.1 Å². The van der Waals surface area contributed by atoms with Crippen molar-refractivity contribution in [3.63, 3.8) is 0 Å². The van der Waals surface area contributed by atoms with Gasteiger partial charge in [0.25, 0.3) is 0 Å². The van der Waals surface area contributed by atoms with Crippen LogP contribution in [0, 0.1) is 5.41 Å². The van der Waals surface area contributed by atoms with E-state index in [0.29, 0.717) is 5.69 Å². The van der Waals surface area contributed by atoms with E-state index in [4.69, 9.17) is 4.74 Å². The lowest BCUT2D eigenvalue weighted by atomic mass is 9.82. The number of morpholine rings is 1. The lowest BCUT2D eigenvalue weighted by molar-refractivity contribution is 0.122. The average Bonchev–Trinajstić information content (AvgIpc) is 2.67. The highest BCUT2D eigenvalue weighted by molar-refractivity contribution is 5.89. The monoisotopic (exact) mass is 368 g/mol. The number of carbonyl (C=O) groups is 1. The Morgan fingerprint density at radius 3 is 2.41 bits per heavy atom. The molecule has 6 heteroatoms. The number of pyridine rings is 1. The van der Waals surface area contributed by atoms with E-state index >= 15 is 0 Å². The van der Waals surface area contributed by atoms with E-state index in [-0.39, 0.29) is 17.5 Å². The van der Waals surface area contributed by atoms with Crippen LogP contribution in [-0.2, 0) is 4.74 Å². The summed E-state index contributed by atoms with van der Waals surface area (Å²) in [6.45, 7) is 9.46. The number of nitrogens with zero attached hydrogens (tertiary/aromatic N) is 2. The Morgan fingerprint density at radius 1 is 1.11 bits per heavy atom. The number of nitrogens with one attached hydrogen (secondary N) is 2. The molecule has 0 bridgehead atoms. The Kier molecular flexibility index (Phi) is 5.96. The third-order valence-electron chi connectivity index (χ3n) is 4.62. The van der Waals surface area contributed by atoms with Crippen molar-refractivity contribution in [2.24, 2.45) is 5.41 Å². The van der Waals surface area contributed by atoms with E-state index in [1.54, 1.807) is 6.20 Å². The second-order valence-corrected chi connectivity index (χ2v) is 7.81. The van der Waals surface area contributed by atoms with Crippen LogP contribution in [0.2, 0.25) is 0 Å². The molecular formula is C21H28N4O2. The van der Waals surface area contributed by atoms with Crippen molar-refractivity contribution < 1.29 is 9.53 Å². The van der Waals surface area contributed by atoms with Gasteiger partial charge in [0.15, 0.2) is 0 Å². The van der Waals surface area contributed by atoms with Crippen LogP contribution in [0.3, 0.4) is 0 Å². The molecule has 0 radical (unpaired) electrons. The summed E-state index contributed by atoms with van der Waals surface area (Å²) in [6, 6.07) is 13.5. The predicted octanol–water partition coefficient (Wildman–Crippen LogP) is 3.83. The number of carbonyl (C=O) groups excluding carboxylic acids is 1. The zero-order chi connectivity index (χ0) is 19.3. The first-order valence-electron chi connectivity index (χ1n) is 9.35. The van der Waals surface area contributed by atoms with Crippen molar-refractivity contribution in [2.45, 2.75) is 26.8 Å². The SMILES string of the molecule is CC(C)(C)C(NC(=O)Nc1ccc(N2CCOCC2)nc1)c1ccccc1. The highest BCUT2D eigenvalue weighted by Crippen LogP contribution is 2.32. The lowest BCUT2D eigenvalue weighted by Crippen LogP contribution is -2.39. The van der Waals surface area contributed by atoms with Crippen LogP contribution in [0.4, 0.5) is 16.3 Å². The molecule has 27 heavy (non-hydrogen) atoms.